The Morgan fingerprint density at radius 2 is 0.709 bits per heavy atom. The van der Waals surface area contributed by atoms with Crippen LogP contribution in [-0.4, -0.2) is 9.97 Å². The van der Waals surface area contributed by atoms with E-state index in [2.05, 4.69) is 206 Å². The molecule has 0 unspecified atom stereocenters. The van der Waals surface area contributed by atoms with E-state index in [-0.39, 0.29) is 0 Å². The van der Waals surface area contributed by atoms with E-state index >= 15 is 0 Å². The fourth-order valence-corrected chi connectivity index (χ4v) is 8.49. The molecule has 8 aromatic carbocycles. The molecular formula is C53H36N2. The molecule has 1 aliphatic rings. The number of benzene rings is 8. The summed E-state index contributed by atoms with van der Waals surface area (Å²) in [5.41, 5.74) is 16.8. The predicted octanol–water partition coefficient (Wildman–Crippen LogP) is 13.2. The van der Waals surface area contributed by atoms with Crippen molar-refractivity contribution in [3.05, 3.63) is 241 Å². The summed E-state index contributed by atoms with van der Waals surface area (Å²) in [6.07, 6.45) is 0. The molecule has 0 atom stereocenters. The Labute approximate surface area is 322 Å². The lowest BCUT2D eigenvalue weighted by Crippen LogP contribution is -2.29. The Morgan fingerprint density at radius 3 is 1.33 bits per heavy atom. The smallest absolute Gasteiger partial charge is 0.160 e. The summed E-state index contributed by atoms with van der Waals surface area (Å²) in [6.45, 7) is 0. The molecule has 9 aromatic rings. The van der Waals surface area contributed by atoms with Crippen LogP contribution in [0.4, 0.5) is 0 Å². The van der Waals surface area contributed by atoms with Crippen molar-refractivity contribution in [3.8, 4) is 67.3 Å². The van der Waals surface area contributed by atoms with Gasteiger partial charge in [-0.05, 0) is 61.7 Å². The van der Waals surface area contributed by atoms with Gasteiger partial charge in [-0.3, -0.25) is 0 Å². The van der Waals surface area contributed by atoms with E-state index in [1.165, 1.54) is 55.6 Å². The van der Waals surface area contributed by atoms with Crippen LogP contribution in [-0.2, 0) is 5.41 Å². The summed E-state index contributed by atoms with van der Waals surface area (Å²) in [5, 5.41) is 0. The number of hydrogen-bond acceptors (Lipinski definition) is 2. The first-order chi connectivity index (χ1) is 27.3. The highest BCUT2D eigenvalue weighted by Crippen LogP contribution is 2.58. The van der Waals surface area contributed by atoms with Crippen molar-refractivity contribution in [3.63, 3.8) is 0 Å². The maximum atomic E-state index is 5.18. The Balaban J connectivity index is 1.10. The van der Waals surface area contributed by atoms with E-state index in [0.29, 0.717) is 5.82 Å². The molecule has 0 bridgehead atoms. The molecule has 1 aliphatic carbocycles. The molecule has 0 amide bonds. The largest absolute Gasteiger partial charge is 0.228 e. The SMILES string of the molecule is c1ccc(-c2ccc(-c3nc(-c4ccccc4)cc(-c4ccc(-c5cccc6c5C(c5ccccc5)(c5ccccc5)c5ccccc5-6)cc4)n3)cc2)cc1. The summed E-state index contributed by atoms with van der Waals surface area (Å²) in [4.78, 5) is 10.3. The fourth-order valence-electron chi connectivity index (χ4n) is 8.49. The predicted molar refractivity (Wildman–Crippen MR) is 227 cm³/mol. The third-order valence-electron chi connectivity index (χ3n) is 11.0. The van der Waals surface area contributed by atoms with Crippen molar-refractivity contribution >= 4 is 0 Å². The zero-order chi connectivity index (χ0) is 36.6. The third kappa shape index (κ3) is 5.59. The fraction of sp³-hybridized carbons (Fsp3) is 0.0189. The number of hydrogen-bond donors (Lipinski definition) is 0. The number of fused-ring (bicyclic) bond motifs is 3. The zero-order valence-corrected chi connectivity index (χ0v) is 30.2. The molecule has 55 heavy (non-hydrogen) atoms. The van der Waals surface area contributed by atoms with Crippen molar-refractivity contribution in [1.82, 2.24) is 9.97 Å². The van der Waals surface area contributed by atoms with E-state index in [0.717, 1.165) is 28.1 Å². The van der Waals surface area contributed by atoms with Gasteiger partial charge in [0.1, 0.15) is 0 Å². The lowest BCUT2D eigenvalue weighted by Gasteiger charge is -2.35. The quantitative estimate of drug-likeness (QED) is 0.165. The van der Waals surface area contributed by atoms with Gasteiger partial charge in [-0.1, -0.05) is 212 Å². The lowest BCUT2D eigenvalue weighted by molar-refractivity contribution is 0.770. The van der Waals surface area contributed by atoms with Crippen LogP contribution in [0.1, 0.15) is 22.3 Å². The van der Waals surface area contributed by atoms with Crippen LogP contribution in [0, 0.1) is 0 Å². The summed E-state index contributed by atoms with van der Waals surface area (Å²) in [5.74, 6) is 0.703. The van der Waals surface area contributed by atoms with Crippen molar-refractivity contribution in [2.24, 2.45) is 0 Å². The highest BCUT2D eigenvalue weighted by atomic mass is 14.9. The van der Waals surface area contributed by atoms with Gasteiger partial charge in [-0.25, -0.2) is 9.97 Å². The Bertz CT molecular complexity index is 2720. The van der Waals surface area contributed by atoms with Gasteiger partial charge in [0.15, 0.2) is 5.82 Å². The molecule has 0 spiro atoms. The van der Waals surface area contributed by atoms with E-state index in [4.69, 9.17) is 9.97 Å². The third-order valence-corrected chi connectivity index (χ3v) is 11.0. The molecule has 0 saturated carbocycles. The molecule has 0 fully saturated rings. The van der Waals surface area contributed by atoms with Gasteiger partial charge in [0.05, 0.1) is 16.8 Å². The minimum Gasteiger partial charge on any atom is -0.228 e. The molecule has 258 valence electrons. The highest BCUT2D eigenvalue weighted by Gasteiger charge is 2.47. The molecule has 2 nitrogen and oxygen atoms in total. The normalized spacial score (nSPS) is 12.5. The van der Waals surface area contributed by atoms with Gasteiger partial charge in [0.25, 0.3) is 0 Å². The molecule has 0 N–H and O–H groups in total. The van der Waals surface area contributed by atoms with Crippen LogP contribution in [0.2, 0.25) is 0 Å². The van der Waals surface area contributed by atoms with Crippen molar-refractivity contribution < 1.29 is 0 Å². The first-order valence-electron chi connectivity index (χ1n) is 18.8. The zero-order valence-electron chi connectivity index (χ0n) is 30.2. The lowest BCUT2D eigenvalue weighted by atomic mass is 9.66. The van der Waals surface area contributed by atoms with Crippen LogP contribution in [0.25, 0.3) is 67.3 Å². The van der Waals surface area contributed by atoms with Crippen molar-refractivity contribution in [2.75, 3.05) is 0 Å². The molecular weight excluding hydrogens is 665 g/mol. The second-order valence-corrected chi connectivity index (χ2v) is 14.1. The minimum absolute atomic E-state index is 0.480. The molecule has 1 heterocycles. The highest BCUT2D eigenvalue weighted by molar-refractivity contribution is 5.92. The van der Waals surface area contributed by atoms with E-state index in [1.54, 1.807) is 0 Å². The monoisotopic (exact) mass is 700 g/mol. The topological polar surface area (TPSA) is 25.8 Å². The van der Waals surface area contributed by atoms with Gasteiger partial charge < -0.3 is 0 Å². The first kappa shape index (κ1) is 32.5. The van der Waals surface area contributed by atoms with Crippen LogP contribution in [0.15, 0.2) is 218 Å². The van der Waals surface area contributed by atoms with Crippen molar-refractivity contribution in [2.45, 2.75) is 5.41 Å². The maximum Gasteiger partial charge on any atom is 0.160 e. The van der Waals surface area contributed by atoms with Crippen molar-refractivity contribution in [1.29, 1.82) is 0 Å². The standard InChI is InChI=1S/C53H36N2/c1-5-16-37(17-6-1)38-28-34-42(35-29-38)52-54-49(40-18-7-2-8-19-40)36-50(55-52)41-32-30-39(31-33-41)45-25-15-26-47-46-24-13-14-27-48(46)53(51(45)47,43-20-9-3-10-21-43)44-22-11-4-12-23-44/h1-36H. The number of nitrogens with zero attached hydrogens (tertiary/aromatic N) is 2. The minimum atomic E-state index is -0.480. The number of rotatable bonds is 7. The Morgan fingerprint density at radius 1 is 0.291 bits per heavy atom. The van der Waals surface area contributed by atoms with E-state index in [9.17, 15) is 0 Å². The second kappa shape index (κ2) is 13.7. The average molecular weight is 701 g/mol. The molecule has 1 aromatic heterocycles. The van der Waals surface area contributed by atoms with Crippen LogP contribution >= 0.6 is 0 Å². The summed E-state index contributed by atoms with van der Waals surface area (Å²) in [7, 11) is 0. The van der Waals surface area contributed by atoms with Gasteiger partial charge >= 0.3 is 0 Å². The Hall–Kier alpha value is -7.16. The van der Waals surface area contributed by atoms with E-state index in [1.807, 2.05) is 12.1 Å². The second-order valence-electron chi connectivity index (χ2n) is 14.1. The number of aromatic nitrogens is 2. The summed E-state index contributed by atoms with van der Waals surface area (Å²) in [6, 6.07) is 78.1. The van der Waals surface area contributed by atoms with Gasteiger partial charge in [-0.15, -0.1) is 0 Å². The van der Waals surface area contributed by atoms with Gasteiger partial charge in [0.2, 0.25) is 0 Å². The average Bonchev–Trinajstić information content (AvgIpc) is 3.59. The van der Waals surface area contributed by atoms with Crippen LogP contribution in [0.3, 0.4) is 0 Å². The summed E-state index contributed by atoms with van der Waals surface area (Å²) < 4.78 is 0. The van der Waals surface area contributed by atoms with Crippen LogP contribution in [0.5, 0.6) is 0 Å². The first-order valence-corrected chi connectivity index (χ1v) is 18.8. The van der Waals surface area contributed by atoms with Gasteiger partial charge in [0, 0.05) is 16.7 Å². The van der Waals surface area contributed by atoms with Gasteiger partial charge in [-0.2, -0.15) is 0 Å². The Kier molecular flexibility index (Phi) is 8.08. The summed E-state index contributed by atoms with van der Waals surface area (Å²) >= 11 is 0. The van der Waals surface area contributed by atoms with Crippen LogP contribution < -0.4 is 0 Å². The molecule has 0 saturated heterocycles. The van der Waals surface area contributed by atoms with E-state index < -0.39 is 5.41 Å². The molecule has 0 radical (unpaired) electrons. The molecule has 2 heteroatoms. The molecule has 0 aliphatic heterocycles. The molecule has 10 rings (SSSR count). The maximum absolute atomic E-state index is 5.18.